The Morgan fingerprint density at radius 2 is 2.05 bits per heavy atom. The van der Waals surface area contributed by atoms with Crippen molar-refractivity contribution in [2.45, 2.75) is 18.6 Å². The molecule has 2 atom stereocenters. The fraction of sp³-hybridized carbons (Fsp3) is 0.250. The van der Waals surface area contributed by atoms with Crippen molar-refractivity contribution in [2.24, 2.45) is 0 Å². The van der Waals surface area contributed by atoms with Crippen molar-refractivity contribution >= 4 is 5.82 Å². The average molecular weight is 301 g/mol. The molecule has 0 radical (unpaired) electrons. The second-order valence-electron chi connectivity index (χ2n) is 5.22. The summed E-state index contributed by atoms with van der Waals surface area (Å²) in [6, 6.07) is 10.4. The molecule has 6 heteroatoms. The molecular formula is C16H13F2N3O. The minimum atomic E-state index is -0.919. The fourth-order valence-corrected chi connectivity index (χ4v) is 2.75. The molecule has 2 heterocycles. The highest BCUT2D eigenvalue weighted by Gasteiger charge is 2.33. The lowest BCUT2D eigenvalue weighted by atomic mass is 10.0. The third kappa shape index (κ3) is 2.63. The number of aliphatic hydroxyl groups excluding tert-OH is 1. The quantitative estimate of drug-likeness (QED) is 0.926. The Bertz CT molecular complexity index is 744. The molecule has 1 aliphatic rings. The third-order valence-corrected chi connectivity index (χ3v) is 3.75. The van der Waals surface area contributed by atoms with E-state index in [0.717, 1.165) is 12.1 Å². The zero-order valence-electron chi connectivity index (χ0n) is 11.6. The number of rotatable bonds is 2. The van der Waals surface area contributed by atoms with Gasteiger partial charge in [-0.15, -0.1) is 0 Å². The molecule has 112 valence electrons. The maximum Gasteiger partial charge on any atom is 0.159 e. The molecule has 1 N–H and O–H groups in total. The molecule has 1 saturated heterocycles. The lowest BCUT2D eigenvalue weighted by Crippen LogP contribution is -2.25. The summed E-state index contributed by atoms with van der Waals surface area (Å²) in [5.74, 6) is -1.29. The number of nitriles is 1. The van der Waals surface area contributed by atoms with Gasteiger partial charge in [0.15, 0.2) is 11.6 Å². The molecule has 1 aromatic carbocycles. The molecule has 0 aliphatic carbocycles. The van der Waals surface area contributed by atoms with Crippen LogP contribution in [0.1, 0.15) is 23.7 Å². The maximum absolute atomic E-state index is 13.5. The van der Waals surface area contributed by atoms with E-state index in [0.29, 0.717) is 24.3 Å². The number of halogens is 2. The largest absolute Gasteiger partial charge is 0.391 e. The van der Waals surface area contributed by atoms with Crippen LogP contribution in [-0.4, -0.2) is 22.7 Å². The van der Waals surface area contributed by atoms with Gasteiger partial charge < -0.3 is 10.0 Å². The summed E-state index contributed by atoms with van der Waals surface area (Å²) in [4.78, 5) is 6.01. The van der Waals surface area contributed by atoms with Gasteiger partial charge in [0.1, 0.15) is 17.6 Å². The zero-order valence-corrected chi connectivity index (χ0v) is 11.6. The summed E-state index contributed by atoms with van der Waals surface area (Å²) < 4.78 is 26.6. The first-order valence-corrected chi connectivity index (χ1v) is 6.85. The Labute approximate surface area is 126 Å². The number of aromatic nitrogens is 1. The van der Waals surface area contributed by atoms with Gasteiger partial charge >= 0.3 is 0 Å². The van der Waals surface area contributed by atoms with E-state index in [1.807, 2.05) is 6.07 Å². The van der Waals surface area contributed by atoms with Crippen LogP contribution in [0.2, 0.25) is 0 Å². The van der Waals surface area contributed by atoms with Gasteiger partial charge in [-0.1, -0.05) is 12.1 Å². The first-order valence-electron chi connectivity index (χ1n) is 6.85. The lowest BCUT2D eigenvalue weighted by molar-refractivity contribution is 0.194. The molecule has 4 nitrogen and oxygen atoms in total. The van der Waals surface area contributed by atoms with Gasteiger partial charge in [-0.05, 0) is 36.2 Å². The van der Waals surface area contributed by atoms with Crippen molar-refractivity contribution in [1.82, 2.24) is 4.98 Å². The number of nitrogens with zero attached hydrogens (tertiary/aromatic N) is 3. The van der Waals surface area contributed by atoms with Crippen LogP contribution in [0.25, 0.3) is 0 Å². The summed E-state index contributed by atoms with van der Waals surface area (Å²) in [7, 11) is 0. The Kier molecular flexibility index (Phi) is 3.73. The summed E-state index contributed by atoms with van der Waals surface area (Å²) in [5.41, 5.74) is 0.836. The fourth-order valence-electron chi connectivity index (χ4n) is 2.75. The number of benzene rings is 1. The number of β-amino-alcohol motifs (C(OH)–C–C–N with tert-alkyl or cyclic N) is 1. The van der Waals surface area contributed by atoms with Crippen LogP contribution in [0.3, 0.4) is 0 Å². The van der Waals surface area contributed by atoms with E-state index in [1.165, 1.54) is 6.07 Å². The summed E-state index contributed by atoms with van der Waals surface area (Å²) in [6.45, 7) is 0.325. The van der Waals surface area contributed by atoms with Crippen molar-refractivity contribution in [3.63, 3.8) is 0 Å². The van der Waals surface area contributed by atoms with Crippen molar-refractivity contribution < 1.29 is 13.9 Å². The average Bonchev–Trinajstić information content (AvgIpc) is 2.92. The lowest BCUT2D eigenvalue weighted by Gasteiger charge is -2.25. The zero-order chi connectivity index (χ0) is 15.7. The minimum Gasteiger partial charge on any atom is -0.391 e. The molecule has 1 aliphatic heterocycles. The van der Waals surface area contributed by atoms with E-state index < -0.39 is 17.7 Å². The van der Waals surface area contributed by atoms with Crippen LogP contribution in [-0.2, 0) is 0 Å². The second-order valence-corrected chi connectivity index (χ2v) is 5.22. The van der Waals surface area contributed by atoms with Gasteiger partial charge in [0.2, 0.25) is 0 Å². The second kappa shape index (κ2) is 5.70. The van der Waals surface area contributed by atoms with E-state index in [-0.39, 0.29) is 11.7 Å². The van der Waals surface area contributed by atoms with Gasteiger partial charge in [-0.25, -0.2) is 13.8 Å². The van der Waals surface area contributed by atoms with Crippen LogP contribution >= 0.6 is 0 Å². The topological polar surface area (TPSA) is 60.2 Å². The Morgan fingerprint density at radius 1 is 1.23 bits per heavy atom. The molecule has 1 fully saturated rings. The predicted octanol–water partition coefficient (Wildman–Crippen LogP) is 2.54. The van der Waals surface area contributed by atoms with Crippen LogP contribution in [0, 0.1) is 23.0 Å². The van der Waals surface area contributed by atoms with Crippen LogP contribution < -0.4 is 4.90 Å². The van der Waals surface area contributed by atoms with Crippen LogP contribution in [0.15, 0.2) is 36.4 Å². The Hall–Kier alpha value is -2.52. The number of hydrogen-bond acceptors (Lipinski definition) is 4. The molecule has 0 spiro atoms. The molecule has 1 aromatic heterocycles. The molecule has 2 unspecified atom stereocenters. The Balaban J connectivity index is 1.98. The van der Waals surface area contributed by atoms with Gasteiger partial charge in [-0.3, -0.25) is 0 Å². The normalized spacial score (nSPS) is 20.9. The molecule has 0 bridgehead atoms. The van der Waals surface area contributed by atoms with Gasteiger partial charge in [0.25, 0.3) is 0 Å². The SMILES string of the molecule is N#Cc1cccc(N2CC(O)CC2c2ccc(F)c(F)c2)n1. The van der Waals surface area contributed by atoms with Gasteiger partial charge in [0.05, 0.1) is 12.1 Å². The smallest absolute Gasteiger partial charge is 0.159 e. The van der Waals surface area contributed by atoms with E-state index >= 15 is 0 Å². The molecule has 22 heavy (non-hydrogen) atoms. The summed E-state index contributed by atoms with van der Waals surface area (Å²) >= 11 is 0. The van der Waals surface area contributed by atoms with E-state index in [1.54, 1.807) is 23.1 Å². The summed E-state index contributed by atoms with van der Waals surface area (Å²) in [6.07, 6.45) is -0.200. The van der Waals surface area contributed by atoms with Gasteiger partial charge in [0, 0.05) is 6.54 Å². The third-order valence-electron chi connectivity index (χ3n) is 3.75. The van der Waals surface area contributed by atoms with Crippen molar-refractivity contribution in [3.05, 3.63) is 59.3 Å². The van der Waals surface area contributed by atoms with E-state index in [9.17, 15) is 13.9 Å². The van der Waals surface area contributed by atoms with Gasteiger partial charge in [-0.2, -0.15) is 5.26 Å². The van der Waals surface area contributed by atoms with Crippen molar-refractivity contribution in [3.8, 4) is 6.07 Å². The first-order chi connectivity index (χ1) is 10.6. The Morgan fingerprint density at radius 3 is 2.77 bits per heavy atom. The number of hydrogen-bond donors (Lipinski definition) is 1. The highest BCUT2D eigenvalue weighted by atomic mass is 19.2. The van der Waals surface area contributed by atoms with Crippen LogP contribution in [0.5, 0.6) is 0 Å². The number of pyridine rings is 1. The molecule has 0 saturated carbocycles. The van der Waals surface area contributed by atoms with Crippen molar-refractivity contribution in [1.29, 1.82) is 5.26 Å². The monoisotopic (exact) mass is 301 g/mol. The first kappa shape index (κ1) is 14.4. The van der Waals surface area contributed by atoms with E-state index in [2.05, 4.69) is 4.98 Å². The number of anilines is 1. The number of aliphatic hydroxyl groups is 1. The van der Waals surface area contributed by atoms with Crippen LogP contribution in [0.4, 0.5) is 14.6 Å². The summed E-state index contributed by atoms with van der Waals surface area (Å²) in [5, 5.41) is 18.9. The minimum absolute atomic E-state index is 0.267. The highest BCUT2D eigenvalue weighted by molar-refractivity contribution is 5.46. The molecule has 0 amide bonds. The molecule has 3 rings (SSSR count). The van der Waals surface area contributed by atoms with Crippen molar-refractivity contribution in [2.75, 3.05) is 11.4 Å². The highest BCUT2D eigenvalue weighted by Crippen LogP contribution is 2.35. The van der Waals surface area contributed by atoms with E-state index in [4.69, 9.17) is 5.26 Å². The predicted molar refractivity (Wildman–Crippen MR) is 76.0 cm³/mol. The molecule has 2 aromatic rings. The standard InChI is InChI=1S/C16H13F2N3O/c17-13-5-4-10(6-14(13)18)15-7-12(22)9-21(15)16-3-1-2-11(8-19)20-16/h1-6,12,15,22H,7,9H2. The molecular weight excluding hydrogens is 288 g/mol. The maximum atomic E-state index is 13.5.